The Labute approximate surface area is 140 Å². The number of nitrogens with zero attached hydrogens (tertiary/aromatic N) is 3. The van der Waals surface area contributed by atoms with Crippen molar-refractivity contribution in [1.82, 2.24) is 20.1 Å². The summed E-state index contributed by atoms with van der Waals surface area (Å²) in [6.45, 7) is 4.19. The quantitative estimate of drug-likeness (QED) is 0.774. The van der Waals surface area contributed by atoms with Gasteiger partial charge in [0.25, 0.3) is 0 Å². The molecule has 8 heteroatoms. The lowest BCUT2D eigenvalue weighted by Crippen LogP contribution is -2.25. The van der Waals surface area contributed by atoms with Crippen LogP contribution in [0.3, 0.4) is 0 Å². The van der Waals surface area contributed by atoms with Crippen molar-refractivity contribution in [1.29, 1.82) is 0 Å². The van der Waals surface area contributed by atoms with E-state index in [0.29, 0.717) is 10.7 Å². The molecular weight excluding hydrogens is 371 g/mol. The van der Waals surface area contributed by atoms with E-state index in [2.05, 4.69) is 31.4 Å². The van der Waals surface area contributed by atoms with Crippen molar-refractivity contribution in [2.45, 2.75) is 31.6 Å². The van der Waals surface area contributed by atoms with Crippen LogP contribution in [0.5, 0.6) is 0 Å². The number of carbonyl (C=O) groups excluding carboxylic acids is 1. The maximum atomic E-state index is 13.6. The number of hydrogen-bond acceptors (Lipinski definition) is 4. The molecule has 0 saturated carbocycles. The summed E-state index contributed by atoms with van der Waals surface area (Å²) in [5, 5.41) is 11.2. The van der Waals surface area contributed by atoms with E-state index < -0.39 is 0 Å². The van der Waals surface area contributed by atoms with E-state index in [9.17, 15) is 9.18 Å². The van der Waals surface area contributed by atoms with Gasteiger partial charge in [0.15, 0.2) is 5.16 Å². The summed E-state index contributed by atoms with van der Waals surface area (Å²) in [5.41, 5.74) is 0.443. The molecule has 0 aliphatic heterocycles. The average molecular weight is 387 g/mol. The SMILES string of the molecule is CC(C)n1cnnc1SCC(=O)NCc1cc(Br)ccc1F. The lowest BCUT2D eigenvalue weighted by Gasteiger charge is -2.09. The molecule has 1 aromatic carbocycles. The first-order valence-electron chi connectivity index (χ1n) is 6.70. The molecular formula is C14H16BrFN4OS. The number of rotatable bonds is 6. The highest BCUT2D eigenvalue weighted by molar-refractivity contribution is 9.10. The van der Waals surface area contributed by atoms with Gasteiger partial charge in [-0.25, -0.2) is 4.39 Å². The number of hydrogen-bond donors (Lipinski definition) is 1. The molecule has 0 aliphatic rings. The molecule has 2 rings (SSSR count). The average Bonchev–Trinajstić information content (AvgIpc) is 2.94. The minimum atomic E-state index is -0.337. The van der Waals surface area contributed by atoms with Gasteiger partial charge in [0.1, 0.15) is 12.1 Å². The van der Waals surface area contributed by atoms with Crippen LogP contribution in [0.15, 0.2) is 34.2 Å². The van der Waals surface area contributed by atoms with Gasteiger partial charge in [0.2, 0.25) is 5.91 Å². The summed E-state index contributed by atoms with van der Waals surface area (Å²) >= 11 is 4.59. The molecule has 0 radical (unpaired) electrons. The summed E-state index contributed by atoms with van der Waals surface area (Å²) in [5.74, 6) is -0.306. The van der Waals surface area contributed by atoms with Gasteiger partial charge in [-0.3, -0.25) is 4.79 Å². The van der Waals surface area contributed by atoms with E-state index >= 15 is 0 Å². The van der Waals surface area contributed by atoms with Gasteiger partial charge in [-0.1, -0.05) is 27.7 Å². The summed E-state index contributed by atoms with van der Waals surface area (Å²) in [6, 6.07) is 4.87. The Bertz CT molecular complexity index is 662. The topological polar surface area (TPSA) is 59.8 Å². The van der Waals surface area contributed by atoms with E-state index in [0.717, 1.165) is 4.47 Å². The van der Waals surface area contributed by atoms with E-state index in [1.165, 1.54) is 17.8 Å². The number of halogens is 2. The lowest BCUT2D eigenvalue weighted by atomic mass is 10.2. The molecule has 5 nitrogen and oxygen atoms in total. The Balaban J connectivity index is 1.86. The molecule has 1 amide bonds. The van der Waals surface area contributed by atoms with Gasteiger partial charge >= 0.3 is 0 Å². The van der Waals surface area contributed by atoms with E-state index in [1.807, 2.05) is 18.4 Å². The van der Waals surface area contributed by atoms with Crippen LogP contribution in [-0.4, -0.2) is 26.4 Å². The molecule has 0 saturated heterocycles. The number of aromatic nitrogens is 3. The molecule has 0 bridgehead atoms. The van der Waals surface area contributed by atoms with Crippen molar-refractivity contribution in [2.24, 2.45) is 0 Å². The second-order valence-corrected chi connectivity index (χ2v) is 6.77. The van der Waals surface area contributed by atoms with Crippen LogP contribution in [0.4, 0.5) is 4.39 Å². The molecule has 0 aliphatic carbocycles. The molecule has 2 aromatic rings. The zero-order valence-corrected chi connectivity index (χ0v) is 14.6. The van der Waals surface area contributed by atoms with Crippen molar-refractivity contribution >= 4 is 33.6 Å². The van der Waals surface area contributed by atoms with Crippen LogP contribution in [0.1, 0.15) is 25.5 Å². The standard InChI is InChI=1S/C14H16BrFN4OS/c1-9(2)20-8-18-19-14(20)22-7-13(21)17-6-10-5-11(15)3-4-12(10)16/h3-5,8-9H,6-7H2,1-2H3,(H,17,21). The second-order valence-electron chi connectivity index (χ2n) is 4.92. The molecule has 1 N–H and O–H groups in total. The first kappa shape index (κ1) is 17.0. The fourth-order valence-corrected chi connectivity index (χ4v) is 3.03. The number of nitrogens with one attached hydrogen (secondary N) is 1. The molecule has 118 valence electrons. The molecule has 0 fully saturated rings. The monoisotopic (exact) mass is 386 g/mol. The van der Waals surface area contributed by atoms with Crippen LogP contribution in [0.2, 0.25) is 0 Å². The number of benzene rings is 1. The van der Waals surface area contributed by atoms with Gasteiger partial charge in [-0.05, 0) is 32.0 Å². The van der Waals surface area contributed by atoms with E-state index in [1.54, 1.807) is 18.5 Å². The molecule has 0 spiro atoms. The second kappa shape index (κ2) is 7.73. The van der Waals surface area contributed by atoms with E-state index in [4.69, 9.17) is 0 Å². The third-order valence-electron chi connectivity index (χ3n) is 2.91. The Morgan fingerprint density at radius 3 is 3.00 bits per heavy atom. The van der Waals surface area contributed by atoms with Crippen LogP contribution in [-0.2, 0) is 11.3 Å². The van der Waals surface area contributed by atoms with Gasteiger partial charge in [0.05, 0.1) is 5.75 Å². The fraction of sp³-hybridized carbons (Fsp3) is 0.357. The predicted octanol–water partition coefficient (Wildman–Crippen LogP) is 3.17. The van der Waals surface area contributed by atoms with Gasteiger partial charge in [0, 0.05) is 22.6 Å². The van der Waals surface area contributed by atoms with Gasteiger partial charge in [-0.15, -0.1) is 10.2 Å². The summed E-state index contributed by atoms with van der Waals surface area (Å²) < 4.78 is 16.2. The minimum absolute atomic E-state index is 0.154. The normalized spacial score (nSPS) is 11.0. The smallest absolute Gasteiger partial charge is 0.230 e. The zero-order valence-electron chi connectivity index (χ0n) is 12.2. The third-order valence-corrected chi connectivity index (χ3v) is 4.36. The largest absolute Gasteiger partial charge is 0.351 e. The number of amides is 1. The van der Waals surface area contributed by atoms with Crippen LogP contribution < -0.4 is 5.32 Å². The molecule has 22 heavy (non-hydrogen) atoms. The Kier molecular flexibility index (Phi) is 5.96. The van der Waals surface area contributed by atoms with Crippen LogP contribution >= 0.6 is 27.7 Å². The molecule has 0 atom stereocenters. The molecule has 1 heterocycles. The molecule has 1 aromatic heterocycles. The highest BCUT2D eigenvalue weighted by atomic mass is 79.9. The highest BCUT2D eigenvalue weighted by Gasteiger charge is 2.11. The maximum Gasteiger partial charge on any atom is 0.230 e. The first-order valence-corrected chi connectivity index (χ1v) is 8.48. The van der Waals surface area contributed by atoms with Crippen molar-refractivity contribution in [3.8, 4) is 0 Å². The number of carbonyl (C=O) groups is 1. The van der Waals surface area contributed by atoms with Gasteiger partial charge < -0.3 is 9.88 Å². The third kappa shape index (κ3) is 4.54. The Morgan fingerprint density at radius 1 is 1.50 bits per heavy atom. The van der Waals surface area contributed by atoms with Crippen molar-refractivity contribution in [2.75, 3.05) is 5.75 Å². The minimum Gasteiger partial charge on any atom is -0.351 e. The van der Waals surface area contributed by atoms with Crippen molar-refractivity contribution in [3.05, 3.63) is 40.4 Å². The van der Waals surface area contributed by atoms with Gasteiger partial charge in [-0.2, -0.15) is 0 Å². The Morgan fingerprint density at radius 2 is 2.27 bits per heavy atom. The number of thioether (sulfide) groups is 1. The fourth-order valence-electron chi connectivity index (χ4n) is 1.74. The predicted molar refractivity (Wildman–Crippen MR) is 87.1 cm³/mol. The summed E-state index contributed by atoms with van der Waals surface area (Å²) in [4.78, 5) is 11.9. The maximum absolute atomic E-state index is 13.6. The zero-order chi connectivity index (χ0) is 16.1. The first-order chi connectivity index (χ1) is 10.5. The Hall–Kier alpha value is -1.41. The summed E-state index contributed by atoms with van der Waals surface area (Å²) in [6.07, 6.45) is 1.64. The van der Waals surface area contributed by atoms with Crippen LogP contribution in [0, 0.1) is 5.82 Å². The lowest BCUT2D eigenvalue weighted by molar-refractivity contribution is -0.118. The van der Waals surface area contributed by atoms with Crippen molar-refractivity contribution < 1.29 is 9.18 Å². The highest BCUT2D eigenvalue weighted by Crippen LogP contribution is 2.19. The van der Waals surface area contributed by atoms with Crippen molar-refractivity contribution in [3.63, 3.8) is 0 Å². The van der Waals surface area contributed by atoms with Crippen LogP contribution in [0.25, 0.3) is 0 Å². The molecule has 0 unspecified atom stereocenters. The summed E-state index contributed by atoms with van der Waals surface area (Å²) in [7, 11) is 0. The van der Waals surface area contributed by atoms with E-state index in [-0.39, 0.29) is 30.1 Å².